The van der Waals surface area contributed by atoms with Gasteiger partial charge in [0.1, 0.15) is 5.82 Å². The van der Waals surface area contributed by atoms with Gasteiger partial charge in [-0.3, -0.25) is 0 Å². The zero-order chi connectivity index (χ0) is 15.7. The van der Waals surface area contributed by atoms with Crippen LogP contribution in [0.5, 0.6) is 0 Å². The summed E-state index contributed by atoms with van der Waals surface area (Å²) in [4.78, 5) is 0. The van der Waals surface area contributed by atoms with Crippen molar-refractivity contribution < 1.29 is 0 Å². The summed E-state index contributed by atoms with van der Waals surface area (Å²) in [6.45, 7) is 4.04. The molecule has 1 N–H and O–H groups in total. The molecule has 0 bridgehead atoms. The number of halogens is 2. The van der Waals surface area contributed by atoms with Crippen molar-refractivity contribution in [3.63, 3.8) is 0 Å². The number of benzene rings is 1. The van der Waals surface area contributed by atoms with Gasteiger partial charge in [0.15, 0.2) is 11.5 Å². The van der Waals surface area contributed by atoms with Crippen LogP contribution in [0.1, 0.15) is 31.3 Å². The molecule has 0 saturated heterocycles. The topological polar surface area (TPSA) is 55.1 Å². The summed E-state index contributed by atoms with van der Waals surface area (Å²) in [6, 6.07) is 9.24. The van der Waals surface area contributed by atoms with Crippen LogP contribution >= 0.6 is 23.2 Å². The average Bonchev–Trinajstić information content (AvgIpc) is 2.89. The van der Waals surface area contributed by atoms with Crippen molar-refractivity contribution in [2.24, 2.45) is 0 Å². The third-order valence-corrected chi connectivity index (χ3v) is 4.00. The van der Waals surface area contributed by atoms with Crippen molar-refractivity contribution in [3.8, 4) is 0 Å². The second-order valence-corrected chi connectivity index (χ2v) is 5.83. The molecular weight excluding hydrogens is 321 g/mol. The quantitative estimate of drug-likeness (QED) is 0.777. The lowest BCUT2D eigenvalue weighted by Crippen LogP contribution is -2.10. The Bertz CT molecular complexity index is 815. The molecule has 114 valence electrons. The molecule has 1 atom stereocenters. The standard InChI is InChI=1S/C15H15Cl2N5/c1-3-14-19-20-15-7-6-13(21-22(14)15)18-9(2)11-5-4-10(16)8-12(11)17/h4-9H,3H2,1-2H3,(H,18,21)/t9-/m0/s1. The van der Waals surface area contributed by atoms with Crippen molar-refractivity contribution in [2.75, 3.05) is 5.32 Å². The van der Waals surface area contributed by atoms with Crippen molar-refractivity contribution in [1.82, 2.24) is 19.8 Å². The monoisotopic (exact) mass is 335 g/mol. The smallest absolute Gasteiger partial charge is 0.178 e. The first-order valence-electron chi connectivity index (χ1n) is 7.01. The highest BCUT2D eigenvalue weighted by Gasteiger charge is 2.12. The van der Waals surface area contributed by atoms with E-state index < -0.39 is 0 Å². The van der Waals surface area contributed by atoms with E-state index in [-0.39, 0.29) is 6.04 Å². The molecule has 1 aromatic carbocycles. The van der Waals surface area contributed by atoms with E-state index in [0.717, 1.165) is 29.3 Å². The van der Waals surface area contributed by atoms with Crippen LogP contribution in [0.15, 0.2) is 30.3 Å². The lowest BCUT2D eigenvalue weighted by molar-refractivity contribution is 0.804. The van der Waals surface area contributed by atoms with Crippen molar-refractivity contribution in [3.05, 3.63) is 51.8 Å². The van der Waals surface area contributed by atoms with Crippen LogP contribution in [0.4, 0.5) is 5.82 Å². The highest BCUT2D eigenvalue weighted by Crippen LogP contribution is 2.28. The molecule has 0 fully saturated rings. The Morgan fingerprint density at radius 1 is 1.18 bits per heavy atom. The fourth-order valence-corrected chi connectivity index (χ4v) is 2.86. The molecule has 2 heterocycles. The zero-order valence-electron chi connectivity index (χ0n) is 12.2. The molecule has 3 aromatic rings. The summed E-state index contributed by atoms with van der Waals surface area (Å²) >= 11 is 12.2. The van der Waals surface area contributed by atoms with E-state index in [4.69, 9.17) is 23.2 Å². The number of nitrogens with zero attached hydrogens (tertiary/aromatic N) is 4. The summed E-state index contributed by atoms with van der Waals surface area (Å²) in [5.74, 6) is 1.57. The molecule has 0 radical (unpaired) electrons. The molecule has 0 aliphatic heterocycles. The van der Waals surface area contributed by atoms with Crippen molar-refractivity contribution >= 4 is 34.7 Å². The van der Waals surface area contributed by atoms with Crippen LogP contribution < -0.4 is 5.32 Å². The molecule has 3 rings (SSSR count). The van der Waals surface area contributed by atoms with E-state index in [1.54, 1.807) is 10.6 Å². The predicted molar refractivity (Wildman–Crippen MR) is 88.7 cm³/mol. The summed E-state index contributed by atoms with van der Waals surface area (Å²) in [5, 5.41) is 17.3. The second-order valence-electron chi connectivity index (χ2n) is 4.99. The number of hydrogen-bond acceptors (Lipinski definition) is 4. The van der Waals surface area contributed by atoms with Gasteiger partial charge in [0.2, 0.25) is 0 Å². The lowest BCUT2D eigenvalue weighted by atomic mass is 10.1. The number of nitrogens with one attached hydrogen (secondary N) is 1. The maximum Gasteiger partial charge on any atom is 0.178 e. The normalized spacial score (nSPS) is 12.5. The molecule has 0 amide bonds. The number of rotatable bonds is 4. The number of fused-ring (bicyclic) bond motifs is 1. The van der Waals surface area contributed by atoms with E-state index >= 15 is 0 Å². The Labute approximate surface area is 138 Å². The summed E-state index contributed by atoms with van der Waals surface area (Å²) < 4.78 is 1.75. The minimum atomic E-state index is -0.00345. The third-order valence-electron chi connectivity index (χ3n) is 3.44. The van der Waals surface area contributed by atoms with E-state index in [2.05, 4.69) is 20.6 Å². The molecule has 0 spiro atoms. The van der Waals surface area contributed by atoms with E-state index in [1.807, 2.05) is 38.1 Å². The van der Waals surface area contributed by atoms with Crippen molar-refractivity contribution in [1.29, 1.82) is 0 Å². The summed E-state index contributed by atoms with van der Waals surface area (Å²) in [6.07, 6.45) is 0.774. The molecule has 0 unspecified atom stereocenters. The van der Waals surface area contributed by atoms with E-state index in [1.165, 1.54) is 0 Å². The van der Waals surface area contributed by atoms with Crippen LogP contribution in [-0.4, -0.2) is 19.8 Å². The third kappa shape index (κ3) is 2.87. The number of aryl methyl sites for hydroxylation is 1. The van der Waals surface area contributed by atoms with E-state index in [9.17, 15) is 0 Å². The van der Waals surface area contributed by atoms with Gasteiger partial charge in [-0.1, -0.05) is 36.2 Å². The first-order valence-corrected chi connectivity index (χ1v) is 7.77. The van der Waals surface area contributed by atoms with Gasteiger partial charge in [-0.2, -0.15) is 4.52 Å². The van der Waals surface area contributed by atoms with Gasteiger partial charge >= 0.3 is 0 Å². The van der Waals surface area contributed by atoms with Crippen LogP contribution in [0.2, 0.25) is 10.0 Å². The van der Waals surface area contributed by atoms with Crippen LogP contribution in [0.3, 0.4) is 0 Å². The average molecular weight is 336 g/mol. The highest BCUT2D eigenvalue weighted by atomic mass is 35.5. The highest BCUT2D eigenvalue weighted by molar-refractivity contribution is 6.35. The fraction of sp³-hybridized carbons (Fsp3) is 0.267. The van der Waals surface area contributed by atoms with Gasteiger partial charge in [-0.25, -0.2) is 0 Å². The lowest BCUT2D eigenvalue weighted by Gasteiger charge is -2.16. The number of anilines is 1. The van der Waals surface area contributed by atoms with Gasteiger partial charge in [-0.05, 0) is 36.8 Å². The Hall–Kier alpha value is -1.85. The maximum absolute atomic E-state index is 6.25. The van der Waals surface area contributed by atoms with Gasteiger partial charge < -0.3 is 5.32 Å². The zero-order valence-corrected chi connectivity index (χ0v) is 13.7. The SMILES string of the molecule is CCc1nnc2ccc(N[C@@H](C)c3ccc(Cl)cc3Cl)nn12. The van der Waals surface area contributed by atoms with Gasteiger partial charge in [0.05, 0.1) is 6.04 Å². The Morgan fingerprint density at radius 2 is 2.00 bits per heavy atom. The molecule has 0 aliphatic carbocycles. The molecular formula is C15H15Cl2N5. The molecule has 0 aliphatic rings. The first kappa shape index (κ1) is 15.1. The van der Waals surface area contributed by atoms with E-state index in [0.29, 0.717) is 10.0 Å². The van der Waals surface area contributed by atoms with Crippen LogP contribution in [0.25, 0.3) is 5.65 Å². The minimum Gasteiger partial charge on any atom is -0.362 e. The van der Waals surface area contributed by atoms with Crippen LogP contribution in [-0.2, 0) is 6.42 Å². The number of hydrogen-bond donors (Lipinski definition) is 1. The Morgan fingerprint density at radius 3 is 2.73 bits per heavy atom. The largest absolute Gasteiger partial charge is 0.362 e. The Kier molecular flexibility index (Phi) is 4.18. The number of aromatic nitrogens is 4. The summed E-state index contributed by atoms with van der Waals surface area (Å²) in [5.41, 5.74) is 1.70. The Balaban J connectivity index is 1.88. The maximum atomic E-state index is 6.25. The molecule has 7 heteroatoms. The van der Waals surface area contributed by atoms with Crippen LogP contribution in [0, 0.1) is 0 Å². The first-order chi connectivity index (χ1) is 10.6. The van der Waals surface area contributed by atoms with Gasteiger partial charge in [-0.15, -0.1) is 15.3 Å². The van der Waals surface area contributed by atoms with Gasteiger partial charge in [0, 0.05) is 16.5 Å². The summed E-state index contributed by atoms with van der Waals surface area (Å²) in [7, 11) is 0. The second kappa shape index (κ2) is 6.10. The molecule has 0 saturated carbocycles. The van der Waals surface area contributed by atoms with Gasteiger partial charge in [0.25, 0.3) is 0 Å². The predicted octanol–water partition coefficient (Wildman–Crippen LogP) is 4.17. The molecule has 5 nitrogen and oxygen atoms in total. The minimum absolute atomic E-state index is 0.00345. The van der Waals surface area contributed by atoms with Crippen molar-refractivity contribution in [2.45, 2.75) is 26.3 Å². The molecule has 22 heavy (non-hydrogen) atoms. The fourth-order valence-electron chi connectivity index (χ4n) is 2.28. The molecule has 2 aromatic heterocycles.